The van der Waals surface area contributed by atoms with Crippen molar-refractivity contribution in [1.82, 2.24) is 14.7 Å². The van der Waals surface area contributed by atoms with E-state index in [1.807, 2.05) is 15.9 Å². The van der Waals surface area contributed by atoms with Crippen LogP contribution in [0.2, 0.25) is 0 Å². The Morgan fingerprint density at radius 2 is 1.64 bits per heavy atom. The van der Waals surface area contributed by atoms with Crippen LogP contribution in [0, 0.1) is 5.92 Å². The molecule has 3 saturated heterocycles. The number of piperidine rings is 1. The van der Waals surface area contributed by atoms with Gasteiger partial charge in [-0.1, -0.05) is 30.3 Å². The summed E-state index contributed by atoms with van der Waals surface area (Å²) >= 11 is 0. The first-order chi connectivity index (χ1) is 13.7. The van der Waals surface area contributed by atoms with Crippen LogP contribution in [0.25, 0.3) is 0 Å². The molecule has 28 heavy (non-hydrogen) atoms. The van der Waals surface area contributed by atoms with E-state index in [0.29, 0.717) is 32.8 Å². The molecule has 3 aliphatic rings. The van der Waals surface area contributed by atoms with E-state index in [2.05, 4.69) is 29.2 Å². The lowest BCUT2D eigenvalue weighted by Crippen LogP contribution is -2.52. The molecular weight excluding hydrogens is 354 g/mol. The Hall–Kier alpha value is -1.92. The summed E-state index contributed by atoms with van der Waals surface area (Å²) in [4.78, 5) is 32.3. The van der Waals surface area contributed by atoms with E-state index in [9.17, 15) is 9.59 Å². The van der Waals surface area contributed by atoms with Gasteiger partial charge < -0.3 is 14.5 Å². The van der Waals surface area contributed by atoms with E-state index < -0.39 is 0 Å². The van der Waals surface area contributed by atoms with Gasteiger partial charge in [0.05, 0.1) is 25.2 Å². The fraction of sp³-hybridized carbons (Fsp3) is 0.636. The summed E-state index contributed by atoms with van der Waals surface area (Å²) in [7, 11) is 0. The van der Waals surface area contributed by atoms with E-state index in [0.717, 1.165) is 45.3 Å². The maximum atomic E-state index is 13.3. The molecule has 2 amide bonds. The average molecular weight is 386 g/mol. The highest BCUT2D eigenvalue weighted by atomic mass is 16.5. The number of rotatable bonds is 4. The molecule has 4 rings (SSSR count). The molecule has 0 radical (unpaired) electrons. The average Bonchev–Trinajstić information content (AvgIpc) is 3.22. The van der Waals surface area contributed by atoms with Crippen LogP contribution in [0.3, 0.4) is 0 Å². The predicted octanol–water partition coefficient (Wildman–Crippen LogP) is 1.75. The van der Waals surface area contributed by atoms with E-state index in [4.69, 9.17) is 4.74 Å². The molecule has 2 atom stereocenters. The van der Waals surface area contributed by atoms with Crippen LogP contribution >= 0.6 is 0 Å². The Morgan fingerprint density at radius 3 is 2.43 bits per heavy atom. The topological polar surface area (TPSA) is 53.1 Å². The van der Waals surface area contributed by atoms with Crippen molar-refractivity contribution >= 4 is 11.8 Å². The number of nitrogens with zero attached hydrogens (tertiary/aromatic N) is 3. The largest absolute Gasteiger partial charge is 0.378 e. The number of likely N-dealkylation sites (tertiary alicyclic amines) is 2. The summed E-state index contributed by atoms with van der Waals surface area (Å²) in [5.41, 5.74) is 1.25. The molecule has 1 aromatic rings. The Bertz CT molecular complexity index is 675. The molecule has 152 valence electrons. The minimum Gasteiger partial charge on any atom is -0.378 e. The SMILES string of the molecule is O=C([C@H]1CCCN(C(=O)[C@@H]2CCCN2Cc2ccccc2)C1)N1CCOCC1. The molecule has 0 N–H and O–H groups in total. The summed E-state index contributed by atoms with van der Waals surface area (Å²) in [6, 6.07) is 10.3. The van der Waals surface area contributed by atoms with Crippen molar-refractivity contribution in [2.24, 2.45) is 5.92 Å². The van der Waals surface area contributed by atoms with Gasteiger partial charge in [0.1, 0.15) is 0 Å². The molecule has 0 aliphatic carbocycles. The number of hydrogen-bond donors (Lipinski definition) is 0. The van der Waals surface area contributed by atoms with Gasteiger partial charge >= 0.3 is 0 Å². The normalized spacial score (nSPS) is 26.4. The lowest BCUT2D eigenvalue weighted by atomic mass is 9.95. The van der Waals surface area contributed by atoms with Crippen LogP contribution in [0.5, 0.6) is 0 Å². The fourth-order valence-corrected chi connectivity index (χ4v) is 4.74. The Kier molecular flexibility index (Phi) is 6.27. The zero-order valence-corrected chi connectivity index (χ0v) is 16.6. The summed E-state index contributed by atoms with van der Waals surface area (Å²) in [6.45, 7) is 5.74. The van der Waals surface area contributed by atoms with Crippen molar-refractivity contribution in [3.8, 4) is 0 Å². The minimum absolute atomic E-state index is 0.0440. The number of benzene rings is 1. The molecule has 0 spiro atoms. The minimum atomic E-state index is -0.0558. The van der Waals surface area contributed by atoms with Gasteiger partial charge in [0, 0.05) is 32.7 Å². The number of morpholine rings is 1. The Labute approximate surface area is 167 Å². The highest BCUT2D eigenvalue weighted by Gasteiger charge is 2.37. The number of carbonyl (C=O) groups excluding carboxylic acids is 2. The molecular formula is C22H31N3O3. The molecule has 1 aromatic carbocycles. The van der Waals surface area contributed by atoms with Crippen LogP contribution < -0.4 is 0 Å². The molecule has 0 aromatic heterocycles. The van der Waals surface area contributed by atoms with Gasteiger partial charge in [-0.3, -0.25) is 14.5 Å². The molecule has 0 saturated carbocycles. The number of amides is 2. The van der Waals surface area contributed by atoms with E-state index in [1.54, 1.807) is 0 Å². The highest BCUT2D eigenvalue weighted by molar-refractivity contribution is 5.84. The van der Waals surface area contributed by atoms with Gasteiger partial charge in [-0.25, -0.2) is 0 Å². The molecule has 6 nitrogen and oxygen atoms in total. The van der Waals surface area contributed by atoms with Crippen LogP contribution in [-0.2, 0) is 20.9 Å². The zero-order valence-electron chi connectivity index (χ0n) is 16.6. The molecule has 3 aliphatic heterocycles. The van der Waals surface area contributed by atoms with Crippen molar-refractivity contribution in [3.63, 3.8) is 0 Å². The predicted molar refractivity (Wildman–Crippen MR) is 107 cm³/mol. The second-order valence-corrected chi connectivity index (χ2v) is 8.18. The summed E-state index contributed by atoms with van der Waals surface area (Å²) in [6.07, 6.45) is 3.79. The lowest BCUT2D eigenvalue weighted by molar-refractivity contribution is -0.145. The third-order valence-electron chi connectivity index (χ3n) is 6.28. The third kappa shape index (κ3) is 4.39. The first-order valence-electron chi connectivity index (χ1n) is 10.7. The van der Waals surface area contributed by atoms with Crippen molar-refractivity contribution < 1.29 is 14.3 Å². The lowest BCUT2D eigenvalue weighted by Gasteiger charge is -2.38. The van der Waals surface area contributed by atoms with Crippen molar-refractivity contribution in [1.29, 1.82) is 0 Å². The summed E-state index contributed by atoms with van der Waals surface area (Å²) < 4.78 is 5.36. The molecule has 3 fully saturated rings. The quantitative estimate of drug-likeness (QED) is 0.792. The number of carbonyl (C=O) groups is 2. The molecule has 0 bridgehead atoms. The van der Waals surface area contributed by atoms with Gasteiger partial charge in [-0.05, 0) is 37.8 Å². The van der Waals surface area contributed by atoms with Gasteiger partial charge in [0.15, 0.2) is 0 Å². The summed E-state index contributed by atoms with van der Waals surface area (Å²) in [5, 5.41) is 0. The van der Waals surface area contributed by atoms with Crippen molar-refractivity contribution in [3.05, 3.63) is 35.9 Å². The zero-order chi connectivity index (χ0) is 19.3. The monoisotopic (exact) mass is 385 g/mol. The smallest absolute Gasteiger partial charge is 0.239 e. The van der Waals surface area contributed by atoms with Crippen molar-refractivity contribution in [2.75, 3.05) is 45.9 Å². The first-order valence-corrected chi connectivity index (χ1v) is 10.7. The van der Waals surface area contributed by atoms with Crippen LogP contribution in [0.15, 0.2) is 30.3 Å². The summed E-state index contributed by atoms with van der Waals surface area (Å²) in [5.74, 6) is 0.362. The van der Waals surface area contributed by atoms with E-state index in [-0.39, 0.29) is 23.8 Å². The first kappa shape index (κ1) is 19.4. The molecule has 3 heterocycles. The Balaban J connectivity index is 1.37. The van der Waals surface area contributed by atoms with E-state index >= 15 is 0 Å². The standard InChI is InChI=1S/C22H31N3O3/c26-21(23-12-14-28-15-13-23)19-8-4-11-25(17-19)22(27)20-9-5-10-24(20)16-18-6-2-1-3-7-18/h1-3,6-7,19-20H,4-5,8-17H2/t19-,20-/m0/s1. The Morgan fingerprint density at radius 1 is 0.893 bits per heavy atom. The van der Waals surface area contributed by atoms with Crippen LogP contribution in [0.1, 0.15) is 31.2 Å². The number of hydrogen-bond acceptors (Lipinski definition) is 4. The van der Waals surface area contributed by atoms with Gasteiger partial charge in [-0.15, -0.1) is 0 Å². The number of ether oxygens (including phenoxy) is 1. The van der Waals surface area contributed by atoms with Gasteiger partial charge in [0.25, 0.3) is 0 Å². The maximum Gasteiger partial charge on any atom is 0.239 e. The molecule has 0 unspecified atom stereocenters. The second kappa shape index (κ2) is 9.05. The van der Waals surface area contributed by atoms with Gasteiger partial charge in [-0.2, -0.15) is 0 Å². The van der Waals surface area contributed by atoms with E-state index in [1.165, 1.54) is 5.56 Å². The maximum absolute atomic E-state index is 13.3. The second-order valence-electron chi connectivity index (χ2n) is 8.18. The fourth-order valence-electron chi connectivity index (χ4n) is 4.74. The van der Waals surface area contributed by atoms with Crippen molar-refractivity contribution in [2.45, 2.75) is 38.3 Å². The van der Waals surface area contributed by atoms with Crippen LogP contribution in [0.4, 0.5) is 0 Å². The molecule has 6 heteroatoms. The highest BCUT2D eigenvalue weighted by Crippen LogP contribution is 2.25. The van der Waals surface area contributed by atoms with Crippen LogP contribution in [-0.4, -0.2) is 78.5 Å². The van der Waals surface area contributed by atoms with Gasteiger partial charge in [0.2, 0.25) is 11.8 Å². The third-order valence-corrected chi connectivity index (χ3v) is 6.28.